The van der Waals surface area contributed by atoms with Crippen LogP contribution in [0.2, 0.25) is 0 Å². The van der Waals surface area contributed by atoms with Crippen LogP contribution in [-0.2, 0) is 19.5 Å². The van der Waals surface area contributed by atoms with Gasteiger partial charge in [-0.15, -0.1) is 0 Å². The van der Waals surface area contributed by atoms with Crippen LogP contribution in [0.3, 0.4) is 0 Å². The first kappa shape index (κ1) is 30.6. The number of unbranched alkanes of at least 4 members (excludes halogenated alkanes) is 6. The minimum Gasteiger partial charge on any atom is -0.343 e. The van der Waals surface area contributed by atoms with E-state index in [-0.39, 0.29) is 38.3 Å². The van der Waals surface area contributed by atoms with Gasteiger partial charge in [0.1, 0.15) is 0 Å². The quantitative estimate of drug-likeness (QED) is 0.317. The molecule has 0 spiro atoms. The molecule has 1 aliphatic rings. The molecule has 0 saturated heterocycles. The molecule has 0 bridgehead atoms. The number of rotatable bonds is 8. The van der Waals surface area contributed by atoms with Crippen molar-refractivity contribution in [2.24, 2.45) is 5.92 Å². The monoisotopic (exact) mass is 402 g/mol. The molecular weight excluding hydrogens is 368 g/mol. The minimum atomic E-state index is 0. The van der Waals surface area contributed by atoms with Gasteiger partial charge in [0, 0.05) is 0 Å². The molecule has 0 aromatic carbocycles. The molecule has 0 nitrogen and oxygen atoms in total. The Hall–Kier alpha value is 1.70. The molecule has 0 aromatic rings. The van der Waals surface area contributed by atoms with Crippen molar-refractivity contribution >= 4 is 15.9 Å². The zero-order chi connectivity index (χ0) is 14.9. The van der Waals surface area contributed by atoms with E-state index in [0.717, 1.165) is 18.8 Å². The summed E-state index contributed by atoms with van der Waals surface area (Å²) in [7, 11) is 0. The predicted molar refractivity (Wildman–Crippen MR) is 94.2 cm³/mol. The summed E-state index contributed by atoms with van der Waals surface area (Å²) >= 11 is 3.55. The van der Waals surface area contributed by atoms with Crippen LogP contribution in [0.25, 0.3) is 0 Å². The van der Waals surface area contributed by atoms with Gasteiger partial charge in [0.25, 0.3) is 0 Å². The molecule has 0 aliphatic heterocycles. The van der Waals surface area contributed by atoms with Crippen LogP contribution >= 0.6 is 15.9 Å². The van der Waals surface area contributed by atoms with E-state index in [4.69, 9.17) is 0 Å². The van der Waals surface area contributed by atoms with Crippen LogP contribution in [0.4, 0.5) is 0 Å². The Bertz CT molecular complexity index is 148. The molecule has 0 N–H and O–H groups in total. The van der Waals surface area contributed by atoms with Crippen molar-refractivity contribution in [3.8, 4) is 0 Å². The molecule has 3 heteroatoms. The van der Waals surface area contributed by atoms with Gasteiger partial charge in [-0.25, -0.2) is 0 Å². The average molecular weight is 405 g/mol. The minimum absolute atomic E-state index is 0. The average Bonchev–Trinajstić information content (AvgIpc) is 3.15. The molecule has 0 aromatic heterocycles. The molecular formula is C18H36BrLiZn. The first-order valence-corrected chi connectivity index (χ1v) is 9.06. The third-order valence-corrected chi connectivity index (χ3v) is 4.06. The third kappa shape index (κ3) is 30.2. The van der Waals surface area contributed by atoms with E-state index in [0.29, 0.717) is 0 Å². The number of halogens is 1. The molecule has 1 aliphatic carbocycles. The van der Waals surface area contributed by atoms with Crippen LogP contribution in [-0.4, -0.2) is 0 Å². The Balaban J connectivity index is -0.000000123. The van der Waals surface area contributed by atoms with Crippen molar-refractivity contribution in [2.45, 2.75) is 91.4 Å². The topological polar surface area (TPSA) is 0 Å². The molecule has 1 fully saturated rings. The van der Waals surface area contributed by atoms with E-state index < -0.39 is 0 Å². The van der Waals surface area contributed by atoms with Crippen LogP contribution in [0.1, 0.15) is 91.4 Å². The predicted octanol–water partition coefficient (Wildman–Crippen LogP) is 4.54. The van der Waals surface area contributed by atoms with Crippen molar-refractivity contribution < 1.29 is 38.3 Å². The Labute approximate surface area is 169 Å². The van der Waals surface area contributed by atoms with Gasteiger partial charge in [-0.1, -0.05) is 72.1 Å². The zero-order valence-electron chi connectivity index (χ0n) is 15.4. The van der Waals surface area contributed by atoms with Gasteiger partial charge in [0.2, 0.25) is 0 Å². The van der Waals surface area contributed by atoms with E-state index in [1.807, 2.05) is 0 Å². The van der Waals surface area contributed by atoms with Crippen molar-refractivity contribution in [3.05, 3.63) is 18.7 Å². The largest absolute Gasteiger partial charge is 2.00 e. The number of hydrogen-bond donors (Lipinski definition) is 0. The van der Waals surface area contributed by atoms with E-state index in [9.17, 15) is 0 Å². The van der Waals surface area contributed by atoms with Crippen molar-refractivity contribution in [1.82, 2.24) is 0 Å². The van der Waals surface area contributed by atoms with Gasteiger partial charge < -0.3 is 29.8 Å². The molecule has 1 rings (SSSR count). The van der Waals surface area contributed by atoms with Gasteiger partial charge in [0.05, 0.1) is 0 Å². The number of hydrogen-bond acceptors (Lipinski definition) is 0. The van der Waals surface area contributed by atoms with Gasteiger partial charge in [-0.3, -0.25) is 4.83 Å². The Morgan fingerprint density at radius 2 is 1.29 bits per heavy atom. The Kier molecular flexibility index (Phi) is 38.7. The van der Waals surface area contributed by atoms with E-state index in [1.54, 1.807) is 4.83 Å². The molecule has 1 atom stereocenters. The van der Waals surface area contributed by atoms with Crippen molar-refractivity contribution in [1.29, 1.82) is 0 Å². The summed E-state index contributed by atoms with van der Waals surface area (Å²) in [5.41, 5.74) is 0. The summed E-state index contributed by atoms with van der Waals surface area (Å²) in [6.45, 7) is 13.7. The Morgan fingerprint density at radius 1 is 0.905 bits per heavy atom. The second-order valence-corrected chi connectivity index (χ2v) is 6.28. The summed E-state index contributed by atoms with van der Waals surface area (Å²) < 4.78 is 0. The van der Waals surface area contributed by atoms with Gasteiger partial charge in [0.15, 0.2) is 0 Å². The molecule has 0 unspecified atom stereocenters. The van der Waals surface area contributed by atoms with Crippen LogP contribution in [0, 0.1) is 24.6 Å². The maximum Gasteiger partial charge on any atom is 2.00 e. The maximum atomic E-state index is 3.60. The van der Waals surface area contributed by atoms with E-state index >= 15 is 0 Å². The zero-order valence-corrected chi connectivity index (χ0v) is 19.9. The fraction of sp³-hybridized carbons (Fsp3) is 0.833. The molecule has 1 saturated carbocycles. The SMILES string of the molecule is CCCCCCC[C@@H]1C[C-]1Br.[CH2-]CCC.[CH2-]CCC.[Li+].[Zn+2]. The molecule has 118 valence electrons. The normalized spacial score (nSPS) is 15.4. The van der Waals surface area contributed by atoms with Gasteiger partial charge in [-0.2, -0.15) is 25.2 Å². The van der Waals surface area contributed by atoms with Crippen molar-refractivity contribution in [2.75, 3.05) is 0 Å². The summed E-state index contributed by atoms with van der Waals surface area (Å²) in [4.78, 5) is 1.56. The molecule has 0 radical (unpaired) electrons. The standard InChI is InChI=1S/C10H18Br.2C4H9.Li.Zn/c1-2-3-4-5-6-7-9-8-10(9)11;2*1-3-4-2;;/h9H,2-8H2,1H3;2*1,3-4H2,2H3;;/q3*-1;+1;+2/t9-;;;;/m1..../s1. The second kappa shape index (κ2) is 26.6. The fourth-order valence-electron chi connectivity index (χ4n) is 1.43. The third-order valence-electron chi connectivity index (χ3n) is 3.09. The van der Waals surface area contributed by atoms with Crippen LogP contribution in [0.5, 0.6) is 0 Å². The van der Waals surface area contributed by atoms with Gasteiger partial charge in [-0.05, 0) is 0 Å². The van der Waals surface area contributed by atoms with E-state index in [2.05, 4.69) is 50.5 Å². The fourth-order valence-corrected chi connectivity index (χ4v) is 2.05. The summed E-state index contributed by atoms with van der Waals surface area (Å²) in [5, 5.41) is 0. The van der Waals surface area contributed by atoms with E-state index in [1.165, 1.54) is 57.8 Å². The molecule has 0 heterocycles. The van der Waals surface area contributed by atoms with Gasteiger partial charge >= 0.3 is 38.3 Å². The van der Waals surface area contributed by atoms with Crippen LogP contribution < -0.4 is 18.9 Å². The summed E-state index contributed by atoms with van der Waals surface area (Å²) in [5.74, 6) is 0.955. The first-order chi connectivity index (χ1) is 9.17. The molecule has 21 heavy (non-hydrogen) atoms. The first-order valence-electron chi connectivity index (χ1n) is 8.27. The summed E-state index contributed by atoms with van der Waals surface area (Å²) in [6, 6.07) is 0. The Morgan fingerprint density at radius 3 is 1.57 bits per heavy atom. The molecule has 0 amide bonds. The van der Waals surface area contributed by atoms with Crippen molar-refractivity contribution in [3.63, 3.8) is 0 Å². The second-order valence-electron chi connectivity index (χ2n) is 5.26. The van der Waals surface area contributed by atoms with Crippen LogP contribution in [0.15, 0.2) is 0 Å². The summed E-state index contributed by atoms with van der Waals surface area (Å²) in [6.07, 6.45) is 14.5. The smallest absolute Gasteiger partial charge is 0.343 e. The maximum absolute atomic E-state index is 3.60.